The molecule has 2 N–H and O–H groups in total. The van der Waals surface area contributed by atoms with E-state index in [0.29, 0.717) is 12.1 Å². The number of carbonyl (C=O) groups is 2. The minimum absolute atomic E-state index is 0.00380. The van der Waals surface area contributed by atoms with E-state index in [1.54, 1.807) is 0 Å². The number of rotatable bonds is 8. The van der Waals surface area contributed by atoms with Gasteiger partial charge in [0, 0.05) is 30.9 Å². The Labute approximate surface area is 138 Å². The lowest BCUT2D eigenvalue weighted by molar-refractivity contribution is -0.121. The van der Waals surface area contributed by atoms with Crippen molar-refractivity contribution in [3.63, 3.8) is 0 Å². The number of aliphatic hydroxyl groups excluding tert-OH is 1. The van der Waals surface area contributed by atoms with Crippen LogP contribution in [0.15, 0.2) is 24.3 Å². The van der Waals surface area contributed by atoms with Crippen LogP contribution in [0.25, 0.3) is 0 Å². The molecule has 1 aliphatic carbocycles. The van der Waals surface area contributed by atoms with Gasteiger partial charge in [-0.2, -0.15) is 0 Å². The predicted molar refractivity (Wildman–Crippen MR) is 90.4 cm³/mol. The summed E-state index contributed by atoms with van der Waals surface area (Å²) in [5.74, 6) is 0.0601. The molecule has 2 rings (SSSR count). The van der Waals surface area contributed by atoms with E-state index < -0.39 is 0 Å². The van der Waals surface area contributed by atoms with Crippen LogP contribution in [0.1, 0.15) is 61.4 Å². The van der Waals surface area contributed by atoms with Gasteiger partial charge in [-0.3, -0.25) is 9.59 Å². The molecule has 2 unspecified atom stereocenters. The van der Waals surface area contributed by atoms with Crippen molar-refractivity contribution in [3.8, 4) is 0 Å². The molecule has 0 aliphatic heterocycles. The Morgan fingerprint density at radius 2 is 1.91 bits per heavy atom. The van der Waals surface area contributed by atoms with Gasteiger partial charge in [-0.15, -0.1) is 0 Å². The van der Waals surface area contributed by atoms with Gasteiger partial charge < -0.3 is 10.4 Å². The van der Waals surface area contributed by atoms with Crippen molar-refractivity contribution in [2.24, 2.45) is 5.92 Å². The summed E-state index contributed by atoms with van der Waals surface area (Å²) < 4.78 is 0. The molecule has 0 heterocycles. The number of hydrogen-bond donors (Lipinski definition) is 2. The Morgan fingerprint density at radius 3 is 2.52 bits per heavy atom. The third-order valence-corrected chi connectivity index (χ3v) is 4.57. The molecule has 4 nitrogen and oxygen atoms in total. The van der Waals surface area contributed by atoms with Crippen LogP contribution in [0.3, 0.4) is 0 Å². The zero-order valence-corrected chi connectivity index (χ0v) is 13.9. The largest absolute Gasteiger partial charge is 0.393 e. The molecule has 1 amide bonds. The first-order chi connectivity index (χ1) is 11.1. The smallest absolute Gasteiger partial charge is 0.220 e. The maximum Gasteiger partial charge on any atom is 0.220 e. The molecule has 23 heavy (non-hydrogen) atoms. The first kappa shape index (κ1) is 17.7. The molecule has 1 aliphatic rings. The summed E-state index contributed by atoms with van der Waals surface area (Å²) in [6.45, 7) is 2.64. The summed E-state index contributed by atoms with van der Waals surface area (Å²) >= 11 is 0. The molecule has 2 atom stereocenters. The molecule has 1 fully saturated rings. The maximum atomic E-state index is 12.1. The average molecular weight is 317 g/mol. The highest BCUT2D eigenvalue weighted by atomic mass is 16.3. The van der Waals surface area contributed by atoms with Crippen LogP contribution in [0.5, 0.6) is 0 Å². The van der Waals surface area contributed by atoms with E-state index in [2.05, 4.69) is 12.2 Å². The van der Waals surface area contributed by atoms with E-state index >= 15 is 0 Å². The predicted octanol–water partition coefficient (Wildman–Crippen LogP) is 2.88. The summed E-state index contributed by atoms with van der Waals surface area (Å²) in [6, 6.07) is 7.66. The van der Waals surface area contributed by atoms with Crippen molar-refractivity contribution in [2.45, 2.75) is 58.0 Å². The van der Waals surface area contributed by atoms with E-state index in [-0.39, 0.29) is 36.6 Å². The lowest BCUT2D eigenvalue weighted by atomic mass is 10.0. The second kappa shape index (κ2) is 8.82. The molecule has 4 heteroatoms. The molecular weight excluding hydrogens is 290 g/mol. The van der Waals surface area contributed by atoms with Crippen molar-refractivity contribution in [1.29, 1.82) is 0 Å². The van der Waals surface area contributed by atoms with Crippen LogP contribution in [-0.2, 0) is 11.2 Å². The SMILES string of the molecule is CCCc1ccc(C(=O)CCC(=O)NCC2CCCC2O)cc1. The van der Waals surface area contributed by atoms with Crippen LogP contribution in [0, 0.1) is 5.92 Å². The van der Waals surface area contributed by atoms with E-state index in [1.165, 1.54) is 5.56 Å². The van der Waals surface area contributed by atoms with Crippen LogP contribution in [-0.4, -0.2) is 29.4 Å². The third-order valence-electron chi connectivity index (χ3n) is 4.57. The minimum atomic E-state index is -0.293. The molecule has 0 radical (unpaired) electrons. The van der Waals surface area contributed by atoms with Gasteiger partial charge in [0.05, 0.1) is 6.10 Å². The second-order valence-corrected chi connectivity index (χ2v) is 6.43. The number of hydrogen-bond acceptors (Lipinski definition) is 3. The molecular formula is C19H27NO3. The first-order valence-electron chi connectivity index (χ1n) is 8.67. The fourth-order valence-electron chi connectivity index (χ4n) is 3.11. The van der Waals surface area contributed by atoms with Crippen molar-refractivity contribution < 1.29 is 14.7 Å². The fraction of sp³-hybridized carbons (Fsp3) is 0.579. The Balaban J connectivity index is 1.71. The molecule has 0 bridgehead atoms. The highest BCUT2D eigenvalue weighted by Crippen LogP contribution is 2.24. The maximum absolute atomic E-state index is 12.1. The van der Waals surface area contributed by atoms with Crippen molar-refractivity contribution in [2.75, 3.05) is 6.54 Å². The quantitative estimate of drug-likeness (QED) is 0.725. The molecule has 0 spiro atoms. The normalized spacial score (nSPS) is 20.4. The number of amides is 1. The van der Waals surface area contributed by atoms with E-state index in [1.807, 2.05) is 24.3 Å². The number of aliphatic hydroxyl groups is 1. The van der Waals surface area contributed by atoms with Gasteiger partial charge in [0.1, 0.15) is 0 Å². The van der Waals surface area contributed by atoms with Crippen LogP contribution in [0.4, 0.5) is 0 Å². The van der Waals surface area contributed by atoms with Gasteiger partial charge in [-0.25, -0.2) is 0 Å². The Hall–Kier alpha value is -1.68. The van der Waals surface area contributed by atoms with Crippen LogP contribution >= 0.6 is 0 Å². The van der Waals surface area contributed by atoms with Gasteiger partial charge >= 0.3 is 0 Å². The van der Waals surface area contributed by atoms with Gasteiger partial charge in [-0.1, -0.05) is 44.0 Å². The summed E-state index contributed by atoms with van der Waals surface area (Å²) in [7, 11) is 0. The standard InChI is InChI=1S/C19H27NO3/c1-2-4-14-7-9-15(10-8-14)18(22)11-12-19(23)20-13-16-5-3-6-17(16)21/h7-10,16-17,21H,2-6,11-13H2,1H3,(H,20,23). The molecule has 1 saturated carbocycles. The van der Waals surface area contributed by atoms with E-state index in [0.717, 1.165) is 32.1 Å². The zero-order chi connectivity index (χ0) is 16.7. The third kappa shape index (κ3) is 5.47. The number of Topliss-reactive ketones (excluding diaryl/α,β-unsaturated/α-hetero) is 1. The van der Waals surface area contributed by atoms with Gasteiger partial charge in [0.15, 0.2) is 5.78 Å². The van der Waals surface area contributed by atoms with Crippen LogP contribution < -0.4 is 5.32 Å². The van der Waals surface area contributed by atoms with Crippen LogP contribution in [0.2, 0.25) is 0 Å². The van der Waals surface area contributed by atoms with Gasteiger partial charge in [0.25, 0.3) is 0 Å². The minimum Gasteiger partial charge on any atom is -0.393 e. The molecule has 126 valence electrons. The van der Waals surface area contributed by atoms with Gasteiger partial charge in [0.2, 0.25) is 5.91 Å². The Morgan fingerprint density at radius 1 is 1.17 bits per heavy atom. The number of nitrogens with one attached hydrogen (secondary N) is 1. The fourth-order valence-corrected chi connectivity index (χ4v) is 3.11. The molecule has 1 aromatic rings. The molecule has 0 aromatic heterocycles. The summed E-state index contributed by atoms with van der Waals surface area (Å²) in [5.41, 5.74) is 1.90. The highest BCUT2D eigenvalue weighted by molar-refractivity contribution is 5.97. The van der Waals surface area contributed by atoms with E-state index in [4.69, 9.17) is 0 Å². The lowest BCUT2D eigenvalue weighted by Gasteiger charge is -2.14. The summed E-state index contributed by atoms with van der Waals surface area (Å²) in [6.07, 6.45) is 5.06. The van der Waals surface area contributed by atoms with Crippen molar-refractivity contribution in [1.82, 2.24) is 5.32 Å². The molecule has 0 saturated heterocycles. The first-order valence-corrected chi connectivity index (χ1v) is 8.67. The average Bonchev–Trinajstić information content (AvgIpc) is 2.97. The lowest BCUT2D eigenvalue weighted by Crippen LogP contribution is -2.32. The van der Waals surface area contributed by atoms with Crippen molar-refractivity contribution in [3.05, 3.63) is 35.4 Å². The number of carbonyl (C=O) groups excluding carboxylic acids is 2. The van der Waals surface area contributed by atoms with Crippen molar-refractivity contribution >= 4 is 11.7 Å². The topological polar surface area (TPSA) is 66.4 Å². The number of benzene rings is 1. The Bertz CT molecular complexity index is 524. The second-order valence-electron chi connectivity index (χ2n) is 6.43. The van der Waals surface area contributed by atoms with Gasteiger partial charge in [-0.05, 0) is 24.8 Å². The monoisotopic (exact) mass is 317 g/mol. The number of ketones is 1. The van der Waals surface area contributed by atoms with E-state index in [9.17, 15) is 14.7 Å². The summed E-state index contributed by atoms with van der Waals surface area (Å²) in [4.78, 5) is 23.9. The Kier molecular flexibility index (Phi) is 6.78. The highest BCUT2D eigenvalue weighted by Gasteiger charge is 2.25. The number of aryl methyl sites for hydroxylation is 1. The molecule has 1 aromatic carbocycles. The summed E-state index contributed by atoms with van der Waals surface area (Å²) in [5, 5.41) is 12.6. The zero-order valence-electron chi connectivity index (χ0n) is 13.9.